The summed E-state index contributed by atoms with van der Waals surface area (Å²) in [6.45, 7) is 6.98. The number of carbonyl (C=O) groups excluding carboxylic acids is 1. The summed E-state index contributed by atoms with van der Waals surface area (Å²) < 4.78 is 11.5. The predicted octanol–water partition coefficient (Wildman–Crippen LogP) is 5.04. The van der Waals surface area contributed by atoms with E-state index in [4.69, 9.17) is 14.6 Å². The second kappa shape index (κ2) is 9.39. The number of ether oxygens (including phenoxy) is 2. The monoisotopic (exact) mass is 390 g/mol. The zero-order valence-corrected chi connectivity index (χ0v) is 17.1. The molecule has 3 aromatic rings. The van der Waals surface area contributed by atoms with Crippen LogP contribution in [0.5, 0.6) is 11.5 Å². The lowest BCUT2D eigenvalue weighted by Crippen LogP contribution is -2.04. The Morgan fingerprint density at radius 1 is 0.828 bits per heavy atom. The smallest absolute Gasteiger partial charge is 0.150 e. The minimum absolute atomic E-state index is 0.000730. The van der Waals surface area contributed by atoms with Gasteiger partial charge in [-0.05, 0) is 84.5 Å². The van der Waals surface area contributed by atoms with Crippen LogP contribution in [-0.2, 0) is 6.61 Å². The summed E-state index contributed by atoms with van der Waals surface area (Å²) in [5.74, 6) is 1.54. The largest absolute Gasteiger partial charge is 0.491 e. The van der Waals surface area contributed by atoms with Gasteiger partial charge in [0.2, 0.25) is 0 Å². The molecule has 0 atom stereocenters. The van der Waals surface area contributed by atoms with Gasteiger partial charge in [-0.2, -0.15) is 0 Å². The molecule has 29 heavy (non-hydrogen) atoms. The SMILES string of the molecule is Cc1c(COc2ccc(C=O)cc2)cccc1-c1ccc(OCCO)c(C)c1C. The molecule has 0 aromatic heterocycles. The highest BCUT2D eigenvalue weighted by molar-refractivity contribution is 5.75. The second-order valence-corrected chi connectivity index (χ2v) is 7.00. The summed E-state index contributed by atoms with van der Waals surface area (Å²) >= 11 is 0. The molecule has 0 heterocycles. The molecule has 1 N–H and O–H groups in total. The van der Waals surface area contributed by atoms with Gasteiger partial charge in [0, 0.05) is 5.56 Å². The maximum absolute atomic E-state index is 10.8. The van der Waals surface area contributed by atoms with Crippen LogP contribution in [0.4, 0.5) is 0 Å². The lowest BCUT2D eigenvalue weighted by atomic mass is 9.91. The van der Waals surface area contributed by atoms with Crippen molar-refractivity contribution < 1.29 is 19.4 Å². The number of hydrogen-bond acceptors (Lipinski definition) is 4. The van der Waals surface area contributed by atoms with E-state index in [9.17, 15) is 4.79 Å². The van der Waals surface area contributed by atoms with Gasteiger partial charge in [-0.1, -0.05) is 24.3 Å². The van der Waals surface area contributed by atoms with Crippen molar-refractivity contribution in [3.05, 3.63) is 82.4 Å². The number of hydrogen-bond donors (Lipinski definition) is 1. The fourth-order valence-electron chi connectivity index (χ4n) is 3.33. The Kier molecular flexibility index (Phi) is 6.68. The van der Waals surface area contributed by atoms with E-state index in [-0.39, 0.29) is 6.61 Å². The van der Waals surface area contributed by atoms with E-state index in [1.54, 1.807) is 12.1 Å². The number of rotatable bonds is 8. The molecule has 0 radical (unpaired) electrons. The minimum Gasteiger partial charge on any atom is -0.491 e. The average molecular weight is 390 g/mol. The highest BCUT2D eigenvalue weighted by Gasteiger charge is 2.13. The van der Waals surface area contributed by atoms with Crippen LogP contribution in [0.1, 0.15) is 32.6 Å². The van der Waals surface area contributed by atoms with Crippen LogP contribution >= 0.6 is 0 Å². The van der Waals surface area contributed by atoms with Gasteiger partial charge in [-0.3, -0.25) is 4.79 Å². The third-order valence-electron chi connectivity index (χ3n) is 5.23. The van der Waals surface area contributed by atoms with Crippen molar-refractivity contribution in [3.8, 4) is 22.6 Å². The number of benzene rings is 3. The van der Waals surface area contributed by atoms with Crippen LogP contribution in [0, 0.1) is 20.8 Å². The highest BCUT2D eigenvalue weighted by Crippen LogP contribution is 2.34. The lowest BCUT2D eigenvalue weighted by molar-refractivity contribution is 0.112. The van der Waals surface area contributed by atoms with Crippen LogP contribution in [0.2, 0.25) is 0 Å². The third kappa shape index (κ3) is 4.66. The first-order chi connectivity index (χ1) is 14.0. The summed E-state index contributed by atoms with van der Waals surface area (Å²) in [4.78, 5) is 10.8. The third-order valence-corrected chi connectivity index (χ3v) is 5.23. The van der Waals surface area contributed by atoms with Gasteiger partial charge in [0.1, 0.15) is 31.0 Å². The summed E-state index contributed by atoms with van der Waals surface area (Å²) in [5, 5.41) is 8.99. The van der Waals surface area contributed by atoms with Crippen LogP contribution in [0.3, 0.4) is 0 Å². The number of aldehydes is 1. The Balaban J connectivity index is 1.84. The van der Waals surface area contributed by atoms with Crippen molar-refractivity contribution in [2.24, 2.45) is 0 Å². The van der Waals surface area contributed by atoms with Crippen LogP contribution in [-0.4, -0.2) is 24.6 Å². The van der Waals surface area contributed by atoms with Crippen molar-refractivity contribution in [1.29, 1.82) is 0 Å². The average Bonchev–Trinajstić information content (AvgIpc) is 2.75. The topological polar surface area (TPSA) is 55.8 Å². The maximum atomic E-state index is 10.8. The zero-order valence-electron chi connectivity index (χ0n) is 17.1. The molecule has 3 rings (SSSR count). The molecule has 0 spiro atoms. The van der Waals surface area contributed by atoms with Crippen molar-refractivity contribution in [2.45, 2.75) is 27.4 Å². The van der Waals surface area contributed by atoms with Gasteiger partial charge in [-0.15, -0.1) is 0 Å². The molecule has 0 fully saturated rings. The Bertz CT molecular complexity index is 990. The first-order valence-electron chi connectivity index (χ1n) is 9.66. The molecule has 0 bridgehead atoms. The summed E-state index contributed by atoms with van der Waals surface area (Å²) in [6, 6.07) is 17.4. The van der Waals surface area contributed by atoms with Crippen molar-refractivity contribution in [1.82, 2.24) is 0 Å². The van der Waals surface area contributed by atoms with Gasteiger partial charge < -0.3 is 14.6 Å². The lowest BCUT2D eigenvalue weighted by Gasteiger charge is -2.17. The van der Waals surface area contributed by atoms with E-state index in [2.05, 4.69) is 32.0 Å². The van der Waals surface area contributed by atoms with Crippen LogP contribution in [0.15, 0.2) is 54.6 Å². The number of aliphatic hydroxyl groups excluding tert-OH is 1. The summed E-state index contributed by atoms with van der Waals surface area (Å²) in [5.41, 5.74) is 7.47. The van der Waals surface area contributed by atoms with E-state index in [1.165, 1.54) is 5.56 Å². The molecule has 0 amide bonds. The first kappa shape index (κ1) is 20.6. The summed E-state index contributed by atoms with van der Waals surface area (Å²) in [6.07, 6.45) is 0.821. The van der Waals surface area contributed by atoms with Crippen molar-refractivity contribution >= 4 is 6.29 Å². The van der Waals surface area contributed by atoms with Crippen LogP contribution < -0.4 is 9.47 Å². The molecule has 4 nitrogen and oxygen atoms in total. The maximum Gasteiger partial charge on any atom is 0.150 e. The van der Waals surface area contributed by atoms with E-state index < -0.39 is 0 Å². The van der Waals surface area contributed by atoms with Gasteiger partial charge in [0.05, 0.1) is 6.61 Å². The van der Waals surface area contributed by atoms with E-state index in [1.807, 2.05) is 31.2 Å². The Morgan fingerprint density at radius 3 is 2.24 bits per heavy atom. The molecular weight excluding hydrogens is 364 g/mol. The van der Waals surface area contributed by atoms with Crippen molar-refractivity contribution in [3.63, 3.8) is 0 Å². The summed E-state index contributed by atoms with van der Waals surface area (Å²) in [7, 11) is 0. The molecule has 0 aliphatic heterocycles. The zero-order chi connectivity index (χ0) is 20.8. The normalized spacial score (nSPS) is 10.6. The Morgan fingerprint density at radius 2 is 1.55 bits per heavy atom. The fraction of sp³-hybridized carbons (Fsp3) is 0.240. The van der Waals surface area contributed by atoms with E-state index >= 15 is 0 Å². The first-order valence-corrected chi connectivity index (χ1v) is 9.66. The molecule has 4 heteroatoms. The molecule has 0 saturated heterocycles. The fourth-order valence-corrected chi connectivity index (χ4v) is 3.33. The van der Waals surface area contributed by atoms with Gasteiger partial charge >= 0.3 is 0 Å². The highest BCUT2D eigenvalue weighted by atomic mass is 16.5. The van der Waals surface area contributed by atoms with Gasteiger partial charge in [0.15, 0.2) is 0 Å². The minimum atomic E-state index is -0.000730. The van der Waals surface area contributed by atoms with E-state index in [0.29, 0.717) is 18.8 Å². The predicted molar refractivity (Wildman–Crippen MR) is 115 cm³/mol. The molecule has 150 valence electrons. The second-order valence-electron chi connectivity index (χ2n) is 7.00. The van der Waals surface area contributed by atoms with Crippen molar-refractivity contribution in [2.75, 3.05) is 13.2 Å². The molecule has 0 saturated carbocycles. The van der Waals surface area contributed by atoms with Gasteiger partial charge in [0.25, 0.3) is 0 Å². The quantitative estimate of drug-likeness (QED) is 0.548. The molecule has 0 aliphatic carbocycles. The number of aliphatic hydroxyl groups is 1. The van der Waals surface area contributed by atoms with E-state index in [0.717, 1.165) is 45.6 Å². The Labute approximate surface area is 171 Å². The number of carbonyl (C=O) groups is 1. The molecule has 3 aromatic carbocycles. The van der Waals surface area contributed by atoms with Crippen LogP contribution in [0.25, 0.3) is 11.1 Å². The molecule has 0 aliphatic rings. The van der Waals surface area contributed by atoms with Gasteiger partial charge in [-0.25, -0.2) is 0 Å². The Hall–Kier alpha value is -3.11. The standard InChI is InChI=1S/C25H26O4/c1-17-18(2)25(28-14-13-26)12-11-24(17)23-6-4-5-21(19(23)3)16-29-22-9-7-20(15-27)8-10-22/h4-12,15,26H,13-14,16H2,1-3H3. The molecular formula is C25H26O4. The molecule has 0 unspecified atom stereocenters.